The van der Waals surface area contributed by atoms with Gasteiger partial charge in [0, 0.05) is 67.4 Å². The molecule has 8 amide bonds. The highest BCUT2D eigenvalue weighted by Crippen LogP contribution is 2.23. The van der Waals surface area contributed by atoms with Crippen LogP contribution in [0.3, 0.4) is 0 Å². The third-order valence-corrected chi connectivity index (χ3v) is 14.5. The predicted molar refractivity (Wildman–Crippen MR) is 315 cm³/mol. The molecule has 1 aromatic heterocycles. The molecule has 1 fully saturated rings. The van der Waals surface area contributed by atoms with Gasteiger partial charge >= 0.3 is 0 Å². The number of hydrogen-bond donors (Lipinski definition) is 12. The number of phenols is 1. The maximum atomic E-state index is 14.9. The summed E-state index contributed by atoms with van der Waals surface area (Å²) in [6.45, 7) is 5.25. The van der Waals surface area contributed by atoms with Crippen molar-refractivity contribution in [1.29, 1.82) is 0 Å². The van der Waals surface area contributed by atoms with E-state index in [1.54, 1.807) is 43.5 Å². The third-order valence-electron chi connectivity index (χ3n) is 14.2. The summed E-state index contributed by atoms with van der Waals surface area (Å²) >= 11 is 6.12. The molecule has 22 nitrogen and oxygen atoms in total. The van der Waals surface area contributed by atoms with E-state index in [4.69, 9.17) is 23.1 Å². The molecule has 4 aromatic carbocycles. The van der Waals surface area contributed by atoms with Crippen LogP contribution in [0.15, 0.2) is 108 Å². The van der Waals surface area contributed by atoms with Gasteiger partial charge in [-0.15, -0.1) is 0 Å². The fraction of sp³-hybridized carbons (Fsp3) is 0.417. The molecule has 7 atom stereocenters. The minimum Gasteiger partial charge on any atom is -0.508 e. The molecule has 1 aliphatic rings. The van der Waals surface area contributed by atoms with Crippen LogP contribution in [0, 0.1) is 11.7 Å². The van der Waals surface area contributed by atoms with Crippen LogP contribution in [0.4, 0.5) is 4.39 Å². The number of aliphatic hydroxyl groups is 1. The van der Waals surface area contributed by atoms with E-state index >= 15 is 0 Å². The number of halogens is 2. The lowest BCUT2D eigenvalue weighted by Gasteiger charge is -2.30. The van der Waals surface area contributed by atoms with Gasteiger partial charge in [-0.1, -0.05) is 80.0 Å². The minimum atomic E-state index is -1.69. The van der Waals surface area contributed by atoms with E-state index in [0.717, 1.165) is 10.9 Å². The van der Waals surface area contributed by atoms with Crippen LogP contribution in [0.25, 0.3) is 10.9 Å². The second kappa shape index (κ2) is 31.7. The van der Waals surface area contributed by atoms with Gasteiger partial charge < -0.3 is 68.8 Å². The standard InChI is InChI=1S/C60H76ClFN12O10/c1-4-65-58(83)51-12-8-28-74(51)59(84)45(11-7-27-66-60(63)64)69-53(78)46(29-35(2)3)70-56(81)49(32-39-33-67-44-10-6-5-9-43(39)44)72-55(80)48(31-38-17-24-42(76)25-18-38)71-57(82)50(34-75)73-54(79)47(30-37-13-20-40(61)21-14-37)68-52(77)26-19-36-15-22-41(62)23-16-36/h5-6,9-10,13-18,20-25,33,35,45-51,67,75-76H,4,7-8,11-12,19,26-32,34H2,1-3H3,(H,65,83)(H,68,77)(H,69,78)(H,70,81)(H,71,82)(H,72,80)(H,73,79)(H4,63,64,66)/t45-,46-,47+,48-,49+,50-,51-/m0/s1. The first-order chi connectivity index (χ1) is 40.2. The van der Waals surface area contributed by atoms with Crippen LogP contribution in [0.1, 0.15) is 81.5 Å². The van der Waals surface area contributed by atoms with Crippen molar-refractivity contribution < 1.29 is 53.0 Å². The number of aromatic amines is 1. The number of nitrogens with one attached hydrogen (secondary N) is 8. The number of nitrogens with zero attached hydrogens (tertiary/aromatic N) is 2. The summed E-state index contributed by atoms with van der Waals surface area (Å²) < 4.78 is 13.6. The number of rotatable bonds is 30. The van der Waals surface area contributed by atoms with E-state index in [9.17, 15) is 53.0 Å². The van der Waals surface area contributed by atoms with E-state index in [0.29, 0.717) is 46.7 Å². The number of nitrogens with two attached hydrogens (primary N) is 2. The second-order valence-electron chi connectivity index (χ2n) is 21.2. The maximum absolute atomic E-state index is 14.9. The lowest BCUT2D eigenvalue weighted by molar-refractivity contribution is -0.142. The van der Waals surface area contributed by atoms with Crippen molar-refractivity contribution in [2.24, 2.45) is 22.4 Å². The molecule has 0 unspecified atom stereocenters. The number of aromatic hydroxyl groups is 1. The summed E-state index contributed by atoms with van der Waals surface area (Å²) in [5, 5.41) is 41.0. The summed E-state index contributed by atoms with van der Waals surface area (Å²) in [5.74, 6) is -6.50. The van der Waals surface area contributed by atoms with E-state index in [1.807, 2.05) is 32.0 Å². The molecular weight excluding hydrogens is 1100 g/mol. The molecule has 0 radical (unpaired) electrons. The number of carbonyl (C=O) groups is 8. The number of carbonyl (C=O) groups excluding carboxylic acids is 8. The first kappa shape index (κ1) is 64.6. The minimum absolute atomic E-state index is 0.0614. The van der Waals surface area contributed by atoms with Crippen molar-refractivity contribution in [3.63, 3.8) is 0 Å². The van der Waals surface area contributed by atoms with Crippen molar-refractivity contribution in [3.8, 4) is 5.75 Å². The molecule has 24 heteroatoms. The number of likely N-dealkylation sites (tertiary alicyclic amines) is 1. The number of aryl methyl sites for hydroxylation is 1. The molecule has 14 N–H and O–H groups in total. The van der Waals surface area contributed by atoms with Crippen molar-refractivity contribution in [3.05, 3.63) is 136 Å². The Labute approximate surface area is 491 Å². The van der Waals surface area contributed by atoms with Crippen LogP contribution < -0.4 is 48.7 Å². The predicted octanol–water partition coefficient (Wildman–Crippen LogP) is 2.45. The van der Waals surface area contributed by atoms with Crippen molar-refractivity contribution >= 4 is 75.7 Å². The number of aliphatic hydroxyl groups excluding tert-OH is 1. The number of amides is 8. The van der Waals surface area contributed by atoms with E-state index in [1.165, 1.54) is 53.4 Å². The Morgan fingerprint density at radius 1 is 0.714 bits per heavy atom. The molecule has 1 aliphatic heterocycles. The van der Waals surface area contributed by atoms with Crippen molar-refractivity contribution in [2.75, 3.05) is 26.2 Å². The van der Waals surface area contributed by atoms with Crippen molar-refractivity contribution in [2.45, 2.75) is 127 Å². The van der Waals surface area contributed by atoms with Gasteiger partial charge in [0.15, 0.2) is 5.96 Å². The molecule has 0 aliphatic carbocycles. The quantitative estimate of drug-likeness (QED) is 0.0179. The number of fused-ring (bicyclic) bond motifs is 1. The SMILES string of the molecule is CCNC(=O)[C@@H]1CCCN1C(=O)[C@H](CCCN=C(N)N)NC(=O)[C@H](CC(C)C)NC(=O)[C@@H](Cc1c[nH]c2ccccc12)NC(=O)[C@H](Cc1ccc(O)cc1)NC(=O)[C@H](CO)NC(=O)[C@@H](Cc1ccc(Cl)cc1)NC(=O)CCc1ccc(F)cc1. The largest absolute Gasteiger partial charge is 0.508 e. The molecule has 2 heterocycles. The Bertz CT molecular complexity index is 3080. The number of aliphatic imine (C=N–C) groups is 1. The highest BCUT2D eigenvalue weighted by Gasteiger charge is 2.39. The topological polar surface area (TPSA) is 345 Å². The summed E-state index contributed by atoms with van der Waals surface area (Å²) in [6, 6.07) is 16.1. The normalized spacial score (nSPS) is 15.1. The number of benzene rings is 4. The second-order valence-corrected chi connectivity index (χ2v) is 21.6. The average Bonchev–Trinajstić information content (AvgIpc) is 4.25. The lowest BCUT2D eigenvalue weighted by atomic mass is 9.99. The number of aromatic nitrogens is 1. The third kappa shape index (κ3) is 19.5. The molecule has 84 heavy (non-hydrogen) atoms. The Hall–Kier alpha value is -8.57. The van der Waals surface area contributed by atoms with Gasteiger partial charge in [0.2, 0.25) is 47.3 Å². The number of guanidine groups is 1. The molecule has 0 saturated carbocycles. The van der Waals surface area contributed by atoms with E-state index in [2.05, 4.69) is 47.2 Å². The van der Waals surface area contributed by atoms with Gasteiger partial charge in [-0.25, -0.2) is 4.39 Å². The Balaban J connectivity index is 1.26. The van der Waals surface area contributed by atoms with Crippen LogP contribution in [-0.2, 0) is 64.0 Å². The van der Waals surface area contributed by atoms with Gasteiger partial charge in [0.25, 0.3) is 0 Å². The fourth-order valence-electron chi connectivity index (χ4n) is 9.86. The van der Waals surface area contributed by atoms with Gasteiger partial charge in [0.1, 0.15) is 53.9 Å². The first-order valence-corrected chi connectivity index (χ1v) is 28.5. The highest BCUT2D eigenvalue weighted by atomic mass is 35.5. The fourth-order valence-corrected chi connectivity index (χ4v) is 9.99. The summed E-state index contributed by atoms with van der Waals surface area (Å²) in [7, 11) is 0. The first-order valence-electron chi connectivity index (χ1n) is 28.1. The van der Waals surface area contributed by atoms with Gasteiger partial charge in [-0.3, -0.25) is 43.3 Å². The lowest BCUT2D eigenvalue weighted by Crippen LogP contribution is -2.61. The molecule has 6 rings (SSSR count). The van der Waals surface area contributed by atoms with Gasteiger partial charge in [-0.2, -0.15) is 0 Å². The number of likely N-dealkylation sites (N-methyl/N-ethyl adjacent to an activating group) is 1. The summed E-state index contributed by atoms with van der Waals surface area (Å²) in [5.41, 5.74) is 14.2. The molecule has 5 aromatic rings. The Morgan fingerprint density at radius 3 is 1.88 bits per heavy atom. The van der Waals surface area contributed by atoms with Crippen LogP contribution in [0.5, 0.6) is 5.75 Å². The Kier molecular flexibility index (Phi) is 24.4. The average molecular weight is 1180 g/mol. The number of para-hydroxylation sites is 1. The summed E-state index contributed by atoms with van der Waals surface area (Å²) in [6.07, 6.45) is 2.81. The molecule has 450 valence electrons. The number of H-pyrrole nitrogens is 1. The zero-order chi connectivity index (χ0) is 60.9. The molecule has 0 bridgehead atoms. The highest BCUT2D eigenvalue weighted by molar-refractivity contribution is 6.30. The number of phenolic OH excluding ortho intramolecular Hbond substituents is 1. The van der Waals surface area contributed by atoms with Crippen LogP contribution in [-0.4, -0.2) is 142 Å². The van der Waals surface area contributed by atoms with Gasteiger partial charge in [-0.05, 0) is 116 Å². The Morgan fingerprint density at radius 2 is 1.26 bits per heavy atom. The molecule has 0 spiro atoms. The van der Waals surface area contributed by atoms with E-state index in [-0.39, 0.29) is 88.0 Å². The number of hydrogen-bond acceptors (Lipinski definition) is 11. The molecular formula is C60H76ClFN12O10. The zero-order valence-corrected chi connectivity index (χ0v) is 48.1. The van der Waals surface area contributed by atoms with Gasteiger partial charge in [0.05, 0.1) is 6.61 Å². The monoisotopic (exact) mass is 1180 g/mol. The van der Waals surface area contributed by atoms with Crippen molar-refractivity contribution in [1.82, 2.24) is 47.1 Å². The van der Waals surface area contributed by atoms with Crippen LogP contribution in [0.2, 0.25) is 5.02 Å². The molecule has 1 saturated heterocycles. The maximum Gasteiger partial charge on any atom is 0.245 e. The van der Waals surface area contributed by atoms with Crippen LogP contribution >= 0.6 is 11.6 Å². The zero-order valence-electron chi connectivity index (χ0n) is 47.3. The summed E-state index contributed by atoms with van der Waals surface area (Å²) in [4.78, 5) is 122. The van der Waals surface area contributed by atoms with E-state index < -0.39 is 96.1 Å². The smallest absolute Gasteiger partial charge is 0.245 e.